The quantitative estimate of drug-likeness (QED) is 0.286. The number of nitrogens with zero attached hydrogens (tertiary/aromatic N) is 3. The molecular formula is C23H30IN5O. The number of guanidine groups is 1. The summed E-state index contributed by atoms with van der Waals surface area (Å²) in [6.45, 7) is 7.34. The largest absolute Gasteiger partial charge is 0.488 e. The highest BCUT2D eigenvalue weighted by Crippen LogP contribution is 2.22. The lowest BCUT2D eigenvalue weighted by molar-refractivity contribution is 0.129. The maximum atomic E-state index is 6.06. The number of para-hydroxylation sites is 2. The van der Waals surface area contributed by atoms with Crippen LogP contribution in [-0.4, -0.2) is 28.4 Å². The van der Waals surface area contributed by atoms with Crippen molar-refractivity contribution in [2.24, 2.45) is 4.99 Å². The number of aliphatic imine (C=N–C) groups is 1. The SMILES string of the molecule is CN=C(NCc1ccn(-c2ccccc2)n1)NCc1ccccc1OC(C)(C)C.I. The van der Waals surface area contributed by atoms with E-state index in [1.165, 1.54) is 0 Å². The van der Waals surface area contributed by atoms with Crippen LogP contribution < -0.4 is 15.4 Å². The monoisotopic (exact) mass is 519 g/mol. The van der Waals surface area contributed by atoms with Gasteiger partial charge in [0.25, 0.3) is 0 Å². The summed E-state index contributed by atoms with van der Waals surface area (Å²) in [5.74, 6) is 1.59. The molecule has 0 bridgehead atoms. The van der Waals surface area contributed by atoms with Gasteiger partial charge >= 0.3 is 0 Å². The molecule has 0 aliphatic heterocycles. The zero-order valence-electron chi connectivity index (χ0n) is 17.9. The number of halogens is 1. The van der Waals surface area contributed by atoms with E-state index in [-0.39, 0.29) is 29.6 Å². The van der Waals surface area contributed by atoms with Crippen molar-refractivity contribution in [3.63, 3.8) is 0 Å². The third-order valence-electron chi connectivity index (χ3n) is 4.16. The Morgan fingerprint density at radius 2 is 1.63 bits per heavy atom. The first-order valence-corrected chi connectivity index (χ1v) is 9.76. The van der Waals surface area contributed by atoms with Crippen LogP contribution >= 0.6 is 24.0 Å². The van der Waals surface area contributed by atoms with E-state index in [0.717, 1.165) is 22.7 Å². The van der Waals surface area contributed by atoms with Gasteiger partial charge < -0.3 is 15.4 Å². The first-order valence-electron chi connectivity index (χ1n) is 9.76. The van der Waals surface area contributed by atoms with E-state index in [1.807, 2.05) is 86.2 Å². The number of rotatable bonds is 6. The minimum Gasteiger partial charge on any atom is -0.488 e. The van der Waals surface area contributed by atoms with Gasteiger partial charge in [-0.05, 0) is 45.0 Å². The fourth-order valence-corrected chi connectivity index (χ4v) is 2.83. The highest BCUT2D eigenvalue weighted by molar-refractivity contribution is 14.0. The van der Waals surface area contributed by atoms with Gasteiger partial charge in [-0.15, -0.1) is 24.0 Å². The topological polar surface area (TPSA) is 63.5 Å². The molecule has 0 saturated heterocycles. The van der Waals surface area contributed by atoms with Gasteiger partial charge in [-0.25, -0.2) is 4.68 Å². The minimum absolute atomic E-state index is 0. The summed E-state index contributed by atoms with van der Waals surface area (Å²) in [6.07, 6.45) is 1.96. The lowest BCUT2D eigenvalue weighted by Gasteiger charge is -2.23. The summed E-state index contributed by atoms with van der Waals surface area (Å²) in [5, 5.41) is 11.3. The maximum Gasteiger partial charge on any atom is 0.191 e. The average molecular weight is 519 g/mol. The number of nitrogens with one attached hydrogen (secondary N) is 2. The fourth-order valence-electron chi connectivity index (χ4n) is 2.83. The van der Waals surface area contributed by atoms with E-state index >= 15 is 0 Å². The molecule has 0 aliphatic rings. The molecule has 0 unspecified atom stereocenters. The van der Waals surface area contributed by atoms with Gasteiger partial charge in [0.1, 0.15) is 11.4 Å². The smallest absolute Gasteiger partial charge is 0.191 e. The third kappa shape index (κ3) is 7.05. The second-order valence-electron chi connectivity index (χ2n) is 7.69. The van der Waals surface area contributed by atoms with Crippen molar-refractivity contribution in [1.29, 1.82) is 0 Å². The predicted octanol–water partition coefficient (Wildman–Crippen LogP) is 4.53. The van der Waals surface area contributed by atoms with Crippen molar-refractivity contribution >= 4 is 29.9 Å². The van der Waals surface area contributed by atoms with E-state index in [0.29, 0.717) is 19.0 Å². The van der Waals surface area contributed by atoms with Gasteiger partial charge in [0.2, 0.25) is 0 Å². The van der Waals surface area contributed by atoms with E-state index in [2.05, 4.69) is 26.8 Å². The molecule has 3 aromatic rings. The fraction of sp³-hybridized carbons (Fsp3) is 0.304. The number of benzene rings is 2. The predicted molar refractivity (Wildman–Crippen MR) is 133 cm³/mol. The molecule has 7 heteroatoms. The molecule has 1 aromatic heterocycles. The number of hydrogen-bond acceptors (Lipinski definition) is 3. The van der Waals surface area contributed by atoms with Crippen molar-refractivity contribution in [3.05, 3.63) is 78.1 Å². The molecule has 2 aromatic carbocycles. The van der Waals surface area contributed by atoms with Crippen LogP contribution in [-0.2, 0) is 13.1 Å². The molecule has 0 aliphatic carbocycles. The lowest BCUT2D eigenvalue weighted by atomic mass is 10.1. The molecule has 0 atom stereocenters. The van der Waals surface area contributed by atoms with Crippen LogP contribution in [0.3, 0.4) is 0 Å². The summed E-state index contributed by atoms with van der Waals surface area (Å²) in [4.78, 5) is 4.31. The van der Waals surface area contributed by atoms with Gasteiger partial charge in [0, 0.05) is 25.4 Å². The summed E-state index contributed by atoms with van der Waals surface area (Å²) < 4.78 is 7.93. The van der Waals surface area contributed by atoms with Crippen LogP contribution in [0.5, 0.6) is 5.75 Å². The summed E-state index contributed by atoms with van der Waals surface area (Å²) in [6, 6.07) is 20.1. The van der Waals surface area contributed by atoms with E-state index in [9.17, 15) is 0 Å². The van der Waals surface area contributed by atoms with Crippen LogP contribution in [0.15, 0.2) is 71.9 Å². The normalized spacial score (nSPS) is 11.5. The first-order chi connectivity index (χ1) is 13.9. The third-order valence-corrected chi connectivity index (χ3v) is 4.16. The molecule has 0 radical (unpaired) electrons. The molecule has 0 fully saturated rings. The summed E-state index contributed by atoms with van der Waals surface area (Å²) in [7, 11) is 1.76. The van der Waals surface area contributed by atoms with Gasteiger partial charge in [0.15, 0.2) is 5.96 Å². The second-order valence-corrected chi connectivity index (χ2v) is 7.69. The van der Waals surface area contributed by atoms with Crippen molar-refractivity contribution in [2.75, 3.05) is 7.05 Å². The molecule has 30 heavy (non-hydrogen) atoms. The molecular weight excluding hydrogens is 489 g/mol. The van der Waals surface area contributed by atoms with Crippen LogP contribution in [0, 0.1) is 0 Å². The second kappa shape index (κ2) is 11.0. The van der Waals surface area contributed by atoms with Crippen LogP contribution in [0.25, 0.3) is 5.69 Å². The van der Waals surface area contributed by atoms with Crippen molar-refractivity contribution in [3.8, 4) is 11.4 Å². The maximum absolute atomic E-state index is 6.06. The first kappa shape index (κ1) is 23.7. The standard InChI is InChI=1S/C23H29N5O.HI/c1-23(2,3)29-21-13-9-8-10-18(21)16-25-22(24-4)26-17-19-14-15-28(27-19)20-11-6-5-7-12-20;/h5-15H,16-17H2,1-4H3,(H2,24,25,26);1H. The summed E-state index contributed by atoms with van der Waals surface area (Å²) >= 11 is 0. The Morgan fingerprint density at radius 3 is 2.33 bits per heavy atom. The minimum atomic E-state index is -0.242. The van der Waals surface area contributed by atoms with Gasteiger partial charge in [-0.2, -0.15) is 5.10 Å². The lowest BCUT2D eigenvalue weighted by Crippen LogP contribution is -2.36. The molecule has 1 heterocycles. The van der Waals surface area contributed by atoms with Crippen LogP contribution in [0.1, 0.15) is 32.0 Å². The van der Waals surface area contributed by atoms with E-state index in [1.54, 1.807) is 7.05 Å². The molecule has 0 spiro atoms. The summed E-state index contributed by atoms with van der Waals surface area (Å²) in [5.41, 5.74) is 2.82. The number of ether oxygens (including phenoxy) is 1. The molecule has 6 nitrogen and oxygen atoms in total. The zero-order chi connectivity index (χ0) is 20.7. The Morgan fingerprint density at radius 1 is 0.967 bits per heavy atom. The van der Waals surface area contributed by atoms with Crippen molar-refractivity contribution in [1.82, 2.24) is 20.4 Å². The Balaban J connectivity index is 0.00000320. The zero-order valence-corrected chi connectivity index (χ0v) is 20.3. The van der Waals surface area contributed by atoms with Crippen molar-refractivity contribution < 1.29 is 4.74 Å². The molecule has 0 amide bonds. The number of hydrogen-bond donors (Lipinski definition) is 2. The number of aromatic nitrogens is 2. The van der Waals surface area contributed by atoms with E-state index in [4.69, 9.17) is 4.74 Å². The van der Waals surface area contributed by atoms with E-state index < -0.39 is 0 Å². The van der Waals surface area contributed by atoms with Gasteiger partial charge in [-0.1, -0.05) is 36.4 Å². The van der Waals surface area contributed by atoms with Crippen molar-refractivity contribution in [2.45, 2.75) is 39.5 Å². The molecule has 2 N–H and O–H groups in total. The van der Waals surface area contributed by atoms with Gasteiger partial charge in [0.05, 0.1) is 17.9 Å². The molecule has 160 valence electrons. The Labute approximate surface area is 195 Å². The molecule has 3 rings (SSSR count). The highest BCUT2D eigenvalue weighted by atomic mass is 127. The average Bonchev–Trinajstić information content (AvgIpc) is 3.18. The van der Waals surface area contributed by atoms with Gasteiger partial charge in [-0.3, -0.25) is 4.99 Å². The van der Waals surface area contributed by atoms with Crippen LogP contribution in [0.4, 0.5) is 0 Å². The Bertz CT molecular complexity index is 947. The molecule has 0 saturated carbocycles. The Kier molecular flexibility index (Phi) is 8.71. The Hall–Kier alpha value is -2.55. The van der Waals surface area contributed by atoms with Crippen LogP contribution in [0.2, 0.25) is 0 Å². The highest BCUT2D eigenvalue weighted by Gasteiger charge is 2.14.